The molecule has 2 aliphatic rings. The summed E-state index contributed by atoms with van der Waals surface area (Å²) in [5.41, 5.74) is 0.717. The van der Waals surface area contributed by atoms with E-state index in [4.69, 9.17) is 47.4 Å². The van der Waals surface area contributed by atoms with Crippen LogP contribution in [0.5, 0.6) is 0 Å². The Hall–Kier alpha value is -5.17. The third-order valence-corrected chi connectivity index (χ3v) is 8.24. The van der Waals surface area contributed by atoms with Crippen molar-refractivity contribution in [2.75, 3.05) is 13.2 Å². The number of ether oxygens (including phenoxy) is 10. The van der Waals surface area contributed by atoms with Crippen molar-refractivity contribution in [3.63, 3.8) is 0 Å². The van der Waals surface area contributed by atoms with Crippen molar-refractivity contribution in [3.8, 4) is 0 Å². The van der Waals surface area contributed by atoms with E-state index in [1.165, 1.54) is 0 Å². The number of hydrogen-bond donors (Lipinski definition) is 1. The van der Waals surface area contributed by atoms with Crippen LogP contribution in [0.4, 0.5) is 0 Å². The molecule has 18 heteroatoms. The lowest BCUT2D eigenvalue weighted by Crippen LogP contribution is -2.69. The minimum absolute atomic E-state index is 0.0678. The average molecular weight is 776 g/mol. The molecule has 0 aliphatic carbocycles. The number of carbonyl (C=O) groups excluding carboxylic acids is 7. The Morgan fingerprint density at radius 1 is 0.564 bits per heavy atom. The molecule has 0 radical (unpaired) electrons. The predicted octanol–water partition coefficient (Wildman–Crippen LogP) is 1.55. The summed E-state index contributed by atoms with van der Waals surface area (Å²) in [5, 5.41) is 4.50. The molecule has 1 N–H and O–H groups in total. The minimum atomic E-state index is -1.68. The van der Waals surface area contributed by atoms with Crippen LogP contribution in [0.1, 0.15) is 54.0 Å². The molecule has 10 atom stereocenters. The van der Waals surface area contributed by atoms with Crippen LogP contribution in [-0.4, -0.2) is 116 Å². The molecular weight excluding hydrogens is 730 g/mol. The van der Waals surface area contributed by atoms with Gasteiger partial charge < -0.3 is 52.7 Å². The second-order valence-corrected chi connectivity index (χ2v) is 12.8. The fraction of sp³-hybridized carbons (Fsp3) is 0.541. The van der Waals surface area contributed by atoms with Gasteiger partial charge in [-0.15, -0.1) is 0 Å². The summed E-state index contributed by atoms with van der Waals surface area (Å²) >= 11 is 0. The van der Waals surface area contributed by atoms with Gasteiger partial charge in [-0.1, -0.05) is 36.4 Å². The van der Waals surface area contributed by atoms with Crippen molar-refractivity contribution in [3.05, 3.63) is 48.0 Å². The molecule has 1 amide bonds. The van der Waals surface area contributed by atoms with Gasteiger partial charge in [0.15, 0.2) is 37.0 Å². The molecule has 2 saturated heterocycles. The van der Waals surface area contributed by atoms with E-state index in [9.17, 15) is 33.6 Å². The SMILES string of the molecule is CC(=O)N[C@H]1[C@H](O[C@@H]2[C@H](OC(C)=O)[C@@H](OC(C)=O)[C@H](OCc3ccc4ccccc4c3)O[C@@H]2COC(C)=O)O[C@H](COC(C)=O)[C@@H](OC(C)=O)[C@@H]1OC(C)=O. The van der Waals surface area contributed by atoms with E-state index in [0.29, 0.717) is 5.56 Å². The summed E-state index contributed by atoms with van der Waals surface area (Å²) in [5.74, 6) is -5.44. The van der Waals surface area contributed by atoms with Crippen LogP contribution in [0.3, 0.4) is 0 Å². The van der Waals surface area contributed by atoms with Gasteiger partial charge in [0.1, 0.15) is 37.6 Å². The Labute approximate surface area is 316 Å². The molecule has 4 rings (SSSR count). The number of rotatable bonds is 14. The van der Waals surface area contributed by atoms with Crippen molar-refractivity contribution in [1.29, 1.82) is 0 Å². The Kier molecular flexibility index (Phi) is 15.0. The van der Waals surface area contributed by atoms with Crippen LogP contribution in [0.25, 0.3) is 10.8 Å². The maximum absolute atomic E-state index is 12.7. The van der Waals surface area contributed by atoms with Gasteiger partial charge in [-0.2, -0.15) is 0 Å². The summed E-state index contributed by atoms with van der Waals surface area (Å²) in [6.45, 7) is 6.66. The smallest absolute Gasteiger partial charge is 0.303 e. The molecule has 2 aliphatic heterocycles. The van der Waals surface area contributed by atoms with Gasteiger partial charge in [0, 0.05) is 48.5 Å². The Balaban J connectivity index is 1.77. The average Bonchev–Trinajstić information content (AvgIpc) is 3.09. The molecule has 0 bridgehead atoms. The first kappa shape index (κ1) is 42.6. The summed E-state index contributed by atoms with van der Waals surface area (Å²) in [4.78, 5) is 86.3. The number of hydrogen-bond acceptors (Lipinski definition) is 17. The van der Waals surface area contributed by atoms with Gasteiger partial charge in [0.25, 0.3) is 0 Å². The second-order valence-electron chi connectivity index (χ2n) is 12.8. The molecule has 2 aromatic carbocycles. The number of esters is 6. The standard InChI is InChI=1S/C37H45NO17/c1-18(39)38-30-33(50-22(5)43)31(49-21(4)42)28(16-46-19(2)40)53-36(30)55-32-29(17-47-20(3)41)54-37(35(52-24(7)45)34(32)51-23(6)44)48-15-25-12-13-26-10-8-9-11-27(26)14-25/h8-14,28-37H,15-17H2,1-7H3,(H,38,39)/t28-,29-,30-,31-,32+,33-,34+,35-,36+,37-/m1/s1. The van der Waals surface area contributed by atoms with Gasteiger partial charge in [-0.05, 0) is 22.4 Å². The molecule has 300 valence electrons. The van der Waals surface area contributed by atoms with E-state index < -0.39 is 116 Å². The summed E-state index contributed by atoms with van der Waals surface area (Å²) in [7, 11) is 0. The number of nitrogens with one attached hydrogen (secondary N) is 1. The fourth-order valence-electron chi connectivity index (χ4n) is 6.22. The van der Waals surface area contributed by atoms with E-state index in [0.717, 1.165) is 59.2 Å². The van der Waals surface area contributed by atoms with Crippen molar-refractivity contribution in [2.45, 2.75) is 116 Å². The van der Waals surface area contributed by atoms with Gasteiger partial charge in [-0.25, -0.2) is 0 Å². The lowest BCUT2D eigenvalue weighted by atomic mass is 9.94. The lowest BCUT2D eigenvalue weighted by Gasteiger charge is -2.49. The highest BCUT2D eigenvalue weighted by atomic mass is 16.8. The second kappa shape index (κ2) is 19.4. The highest BCUT2D eigenvalue weighted by molar-refractivity contribution is 5.83. The first-order valence-corrected chi connectivity index (χ1v) is 17.3. The molecule has 18 nitrogen and oxygen atoms in total. The van der Waals surface area contributed by atoms with Crippen molar-refractivity contribution in [2.24, 2.45) is 0 Å². The van der Waals surface area contributed by atoms with Gasteiger partial charge >= 0.3 is 35.8 Å². The van der Waals surface area contributed by atoms with E-state index in [1.54, 1.807) is 0 Å². The van der Waals surface area contributed by atoms with E-state index >= 15 is 0 Å². The first-order chi connectivity index (χ1) is 26.0. The third-order valence-electron chi connectivity index (χ3n) is 8.24. The monoisotopic (exact) mass is 775 g/mol. The van der Waals surface area contributed by atoms with Crippen LogP contribution in [0.15, 0.2) is 42.5 Å². The van der Waals surface area contributed by atoms with Gasteiger partial charge in [0.05, 0.1) is 6.61 Å². The first-order valence-electron chi connectivity index (χ1n) is 17.3. The topological polar surface area (TPSA) is 224 Å². The largest absolute Gasteiger partial charge is 0.463 e. The fourth-order valence-corrected chi connectivity index (χ4v) is 6.22. The molecule has 2 fully saturated rings. The summed E-state index contributed by atoms with van der Waals surface area (Å²) < 4.78 is 57.8. The predicted molar refractivity (Wildman–Crippen MR) is 184 cm³/mol. The van der Waals surface area contributed by atoms with Gasteiger partial charge in [-0.3, -0.25) is 33.6 Å². The van der Waals surface area contributed by atoms with Gasteiger partial charge in [0.2, 0.25) is 5.91 Å². The molecule has 0 spiro atoms. The number of benzene rings is 2. The van der Waals surface area contributed by atoms with Crippen LogP contribution in [0, 0.1) is 0 Å². The van der Waals surface area contributed by atoms with E-state index in [1.807, 2.05) is 42.5 Å². The van der Waals surface area contributed by atoms with Crippen LogP contribution in [0.2, 0.25) is 0 Å². The third kappa shape index (κ3) is 12.2. The maximum Gasteiger partial charge on any atom is 0.303 e. The zero-order chi connectivity index (χ0) is 40.4. The molecular formula is C37H45NO17. The summed E-state index contributed by atoms with van der Waals surface area (Å²) in [6, 6.07) is 11.8. The van der Waals surface area contributed by atoms with E-state index in [2.05, 4.69) is 5.32 Å². The molecule has 2 aromatic rings. The number of fused-ring (bicyclic) bond motifs is 1. The van der Waals surface area contributed by atoms with Crippen molar-refractivity contribution >= 4 is 52.5 Å². The minimum Gasteiger partial charge on any atom is -0.463 e. The zero-order valence-corrected chi connectivity index (χ0v) is 31.4. The molecule has 0 aromatic heterocycles. The quantitative estimate of drug-likeness (QED) is 0.212. The van der Waals surface area contributed by atoms with Crippen LogP contribution < -0.4 is 5.32 Å². The summed E-state index contributed by atoms with van der Waals surface area (Å²) in [6.07, 6.45) is -13.4. The lowest BCUT2D eigenvalue weighted by molar-refractivity contribution is -0.350. The van der Waals surface area contributed by atoms with E-state index in [-0.39, 0.29) is 6.61 Å². The van der Waals surface area contributed by atoms with Crippen molar-refractivity contribution in [1.82, 2.24) is 5.32 Å². The van der Waals surface area contributed by atoms with Crippen LogP contribution in [-0.2, 0) is 87.5 Å². The number of carbonyl (C=O) groups is 7. The highest BCUT2D eigenvalue weighted by Crippen LogP contribution is 2.35. The Morgan fingerprint density at radius 2 is 1.07 bits per heavy atom. The Bertz CT molecular complexity index is 1730. The maximum atomic E-state index is 12.7. The molecule has 0 unspecified atom stereocenters. The number of amides is 1. The zero-order valence-electron chi connectivity index (χ0n) is 31.4. The van der Waals surface area contributed by atoms with Crippen LogP contribution >= 0.6 is 0 Å². The normalized spacial score (nSPS) is 27.5. The molecule has 0 saturated carbocycles. The molecule has 2 heterocycles. The molecule has 55 heavy (non-hydrogen) atoms. The Morgan fingerprint density at radius 3 is 1.64 bits per heavy atom. The highest BCUT2D eigenvalue weighted by Gasteiger charge is 2.57. The van der Waals surface area contributed by atoms with Crippen molar-refractivity contribution < 1.29 is 80.9 Å².